The zero-order valence-corrected chi connectivity index (χ0v) is 14.9. The molecule has 0 aliphatic heterocycles. The van der Waals surface area contributed by atoms with E-state index in [1.165, 1.54) is 0 Å². The van der Waals surface area contributed by atoms with E-state index < -0.39 is 6.29 Å². The second-order valence-electron chi connectivity index (χ2n) is 6.05. The van der Waals surface area contributed by atoms with Gasteiger partial charge in [-0.3, -0.25) is 0 Å². The lowest BCUT2D eigenvalue weighted by molar-refractivity contribution is -0.0970. The van der Waals surface area contributed by atoms with Crippen molar-refractivity contribution in [2.75, 3.05) is 13.7 Å². The van der Waals surface area contributed by atoms with E-state index in [0.29, 0.717) is 12.2 Å². The number of methoxy groups -OCH3 is 1. The number of hydrogen-bond acceptors (Lipinski definition) is 5. The molecule has 0 radical (unpaired) electrons. The van der Waals surface area contributed by atoms with Gasteiger partial charge in [-0.1, -0.05) is 0 Å². The summed E-state index contributed by atoms with van der Waals surface area (Å²) in [5.41, 5.74) is 3.09. The van der Waals surface area contributed by atoms with Crippen molar-refractivity contribution >= 4 is 11.0 Å². The van der Waals surface area contributed by atoms with Crippen LogP contribution in [0.2, 0.25) is 0 Å². The Kier molecular flexibility index (Phi) is 5.01. The Morgan fingerprint density at radius 3 is 2.52 bits per heavy atom. The van der Waals surface area contributed by atoms with Gasteiger partial charge < -0.3 is 14.6 Å². The van der Waals surface area contributed by atoms with Crippen molar-refractivity contribution in [2.24, 2.45) is 0 Å². The van der Waals surface area contributed by atoms with Crippen LogP contribution in [0.15, 0.2) is 36.5 Å². The fraction of sp³-hybridized carbons (Fsp3) is 0.368. The number of benzene rings is 1. The van der Waals surface area contributed by atoms with Crippen LogP contribution in [0.5, 0.6) is 5.75 Å². The van der Waals surface area contributed by atoms with Crippen molar-refractivity contribution in [3.05, 3.63) is 42.1 Å². The first-order valence-electron chi connectivity index (χ1n) is 8.37. The Morgan fingerprint density at radius 1 is 1.20 bits per heavy atom. The second-order valence-corrected chi connectivity index (χ2v) is 6.05. The maximum Gasteiger partial charge on any atom is 0.181 e. The summed E-state index contributed by atoms with van der Waals surface area (Å²) in [6.45, 7) is 6.37. The molecular formula is C19H23N3O3. The number of aliphatic hydroxyl groups is 1. The summed E-state index contributed by atoms with van der Waals surface area (Å²) in [6, 6.07) is 9.68. The molecule has 1 N–H and O–H groups in total. The summed E-state index contributed by atoms with van der Waals surface area (Å²) >= 11 is 0. The number of hydrogen-bond donors (Lipinski definition) is 1. The van der Waals surface area contributed by atoms with Crippen LogP contribution in [0.1, 0.15) is 38.7 Å². The van der Waals surface area contributed by atoms with Crippen LogP contribution in [0.25, 0.3) is 22.3 Å². The fourth-order valence-corrected chi connectivity index (χ4v) is 2.78. The SMILES string of the molecule is CCOC(O)c1cc(-c2ccc(OC)cc2)nc2c1cnn2C(C)C. The Bertz CT molecular complexity index is 856. The number of aromatic nitrogens is 3. The van der Waals surface area contributed by atoms with E-state index >= 15 is 0 Å². The largest absolute Gasteiger partial charge is 0.497 e. The third-order valence-corrected chi connectivity index (χ3v) is 4.06. The quantitative estimate of drug-likeness (QED) is 0.692. The first kappa shape index (κ1) is 17.4. The summed E-state index contributed by atoms with van der Waals surface area (Å²) in [7, 11) is 1.64. The monoisotopic (exact) mass is 341 g/mol. The van der Waals surface area contributed by atoms with Gasteiger partial charge in [0, 0.05) is 29.2 Å². The van der Waals surface area contributed by atoms with Crippen molar-refractivity contribution in [2.45, 2.75) is 33.1 Å². The van der Waals surface area contributed by atoms with Gasteiger partial charge in [-0.25, -0.2) is 9.67 Å². The molecule has 0 aliphatic rings. The molecule has 25 heavy (non-hydrogen) atoms. The summed E-state index contributed by atoms with van der Waals surface area (Å²) in [5, 5.41) is 15.6. The van der Waals surface area contributed by atoms with Crippen LogP contribution < -0.4 is 4.74 Å². The minimum absolute atomic E-state index is 0.160. The number of pyridine rings is 1. The molecule has 6 heteroatoms. The molecule has 6 nitrogen and oxygen atoms in total. The number of nitrogens with zero attached hydrogens (tertiary/aromatic N) is 3. The van der Waals surface area contributed by atoms with Gasteiger partial charge in [-0.2, -0.15) is 5.10 Å². The summed E-state index contributed by atoms with van der Waals surface area (Å²) in [5.74, 6) is 0.784. The minimum atomic E-state index is -1.02. The van der Waals surface area contributed by atoms with E-state index in [2.05, 4.69) is 5.10 Å². The molecule has 2 heterocycles. The highest BCUT2D eigenvalue weighted by atomic mass is 16.6. The van der Waals surface area contributed by atoms with E-state index in [-0.39, 0.29) is 6.04 Å². The summed E-state index contributed by atoms with van der Waals surface area (Å²) in [6.07, 6.45) is 0.717. The van der Waals surface area contributed by atoms with Crippen LogP contribution in [0.4, 0.5) is 0 Å². The standard InChI is InChI=1S/C19H23N3O3/c1-5-25-19(23)15-10-17(13-6-8-14(24-4)9-7-13)21-18-16(15)11-20-22(18)12(2)3/h6-12,19,23H,5H2,1-4H3. The molecule has 0 bridgehead atoms. The zero-order valence-electron chi connectivity index (χ0n) is 14.9. The smallest absolute Gasteiger partial charge is 0.181 e. The van der Waals surface area contributed by atoms with Gasteiger partial charge >= 0.3 is 0 Å². The van der Waals surface area contributed by atoms with Gasteiger partial charge in [0.15, 0.2) is 11.9 Å². The molecule has 0 amide bonds. The van der Waals surface area contributed by atoms with Crippen molar-refractivity contribution in [1.82, 2.24) is 14.8 Å². The van der Waals surface area contributed by atoms with Gasteiger partial charge in [0.05, 0.1) is 19.0 Å². The molecule has 1 unspecified atom stereocenters. The van der Waals surface area contributed by atoms with Gasteiger partial charge in [0.1, 0.15) is 5.75 Å². The van der Waals surface area contributed by atoms with Crippen LogP contribution in [-0.2, 0) is 4.74 Å². The maximum atomic E-state index is 10.4. The molecule has 0 aliphatic carbocycles. The lowest BCUT2D eigenvalue weighted by atomic mass is 10.1. The van der Waals surface area contributed by atoms with Gasteiger partial charge in [-0.15, -0.1) is 0 Å². The molecule has 1 atom stereocenters. The third-order valence-electron chi connectivity index (χ3n) is 4.06. The zero-order chi connectivity index (χ0) is 18.0. The predicted octanol–water partition coefficient (Wildman–Crippen LogP) is 3.72. The average molecular weight is 341 g/mol. The normalized spacial score (nSPS) is 12.7. The summed E-state index contributed by atoms with van der Waals surface area (Å²) < 4.78 is 12.5. The van der Waals surface area contributed by atoms with E-state index in [9.17, 15) is 5.11 Å². The lowest BCUT2D eigenvalue weighted by Gasteiger charge is -2.15. The maximum absolute atomic E-state index is 10.4. The molecule has 3 rings (SSSR count). The molecule has 1 aromatic carbocycles. The van der Waals surface area contributed by atoms with E-state index in [1.54, 1.807) is 13.3 Å². The van der Waals surface area contributed by atoms with Crippen LogP contribution in [0, 0.1) is 0 Å². The lowest BCUT2D eigenvalue weighted by Crippen LogP contribution is -2.07. The first-order valence-corrected chi connectivity index (χ1v) is 8.37. The Labute approximate surface area is 147 Å². The van der Waals surface area contributed by atoms with Gasteiger partial charge in [0.25, 0.3) is 0 Å². The molecule has 3 aromatic rings. The Hall–Kier alpha value is -2.44. The van der Waals surface area contributed by atoms with Crippen LogP contribution in [-0.4, -0.2) is 33.6 Å². The van der Waals surface area contributed by atoms with Crippen LogP contribution >= 0.6 is 0 Å². The molecule has 0 spiro atoms. The molecule has 132 valence electrons. The average Bonchev–Trinajstić information content (AvgIpc) is 3.05. The number of fused-ring (bicyclic) bond motifs is 1. The van der Waals surface area contributed by atoms with Crippen molar-refractivity contribution in [3.8, 4) is 17.0 Å². The Balaban J connectivity index is 2.18. The van der Waals surface area contributed by atoms with Crippen LogP contribution in [0.3, 0.4) is 0 Å². The van der Waals surface area contributed by atoms with E-state index in [1.807, 2.05) is 55.8 Å². The fourth-order valence-electron chi connectivity index (χ4n) is 2.78. The van der Waals surface area contributed by atoms with Crippen molar-refractivity contribution in [3.63, 3.8) is 0 Å². The predicted molar refractivity (Wildman–Crippen MR) is 96.5 cm³/mol. The highest BCUT2D eigenvalue weighted by Crippen LogP contribution is 2.31. The highest BCUT2D eigenvalue weighted by molar-refractivity contribution is 5.82. The highest BCUT2D eigenvalue weighted by Gasteiger charge is 2.19. The molecule has 0 fully saturated rings. The summed E-state index contributed by atoms with van der Waals surface area (Å²) in [4.78, 5) is 4.78. The van der Waals surface area contributed by atoms with Crippen molar-refractivity contribution in [1.29, 1.82) is 0 Å². The number of rotatable bonds is 6. The third kappa shape index (κ3) is 3.36. The van der Waals surface area contributed by atoms with E-state index in [4.69, 9.17) is 14.5 Å². The number of aliphatic hydroxyl groups excluding tert-OH is 1. The van der Waals surface area contributed by atoms with Gasteiger partial charge in [-0.05, 0) is 51.1 Å². The molecule has 0 saturated heterocycles. The Morgan fingerprint density at radius 2 is 1.92 bits per heavy atom. The minimum Gasteiger partial charge on any atom is -0.497 e. The second kappa shape index (κ2) is 7.21. The molecule has 2 aromatic heterocycles. The van der Waals surface area contributed by atoms with Crippen molar-refractivity contribution < 1.29 is 14.6 Å². The molecular weight excluding hydrogens is 318 g/mol. The topological polar surface area (TPSA) is 69.4 Å². The van der Waals surface area contributed by atoms with E-state index in [0.717, 1.165) is 28.0 Å². The first-order chi connectivity index (χ1) is 12.0. The van der Waals surface area contributed by atoms with Gasteiger partial charge in [0.2, 0.25) is 0 Å². The number of ether oxygens (including phenoxy) is 2. The molecule has 0 saturated carbocycles.